The molecule has 0 fully saturated rings. The van der Waals surface area contributed by atoms with Crippen LogP contribution in [0.5, 0.6) is 5.88 Å². The van der Waals surface area contributed by atoms with E-state index in [1.165, 1.54) is 0 Å². The minimum absolute atomic E-state index is 0.115. The molecule has 0 aromatic carbocycles. The van der Waals surface area contributed by atoms with Gasteiger partial charge in [-0.25, -0.2) is 0 Å². The Bertz CT molecular complexity index is 415. The molecule has 17 heavy (non-hydrogen) atoms. The summed E-state index contributed by atoms with van der Waals surface area (Å²) in [5.74, 6) is 2.70. The van der Waals surface area contributed by atoms with E-state index >= 15 is 0 Å². The molecule has 0 bridgehead atoms. The molecule has 0 saturated carbocycles. The van der Waals surface area contributed by atoms with Crippen molar-refractivity contribution in [3.63, 3.8) is 0 Å². The normalized spacial score (nSPS) is 11.1. The van der Waals surface area contributed by atoms with Crippen molar-refractivity contribution in [1.29, 1.82) is 0 Å². The smallest absolute Gasteiger partial charge is 0.257 e. The number of rotatable bonds is 6. The van der Waals surface area contributed by atoms with Gasteiger partial charge in [0, 0.05) is 0 Å². The van der Waals surface area contributed by atoms with Gasteiger partial charge in [0.25, 0.3) is 5.56 Å². The lowest BCUT2D eigenvalue weighted by Crippen LogP contribution is -2.16. The number of aromatic amines is 1. The molecule has 4 nitrogen and oxygen atoms in total. The third-order valence-corrected chi connectivity index (χ3v) is 3.61. The minimum Gasteiger partial charge on any atom is -0.493 e. The van der Waals surface area contributed by atoms with Crippen molar-refractivity contribution in [2.24, 2.45) is 5.92 Å². The number of thioether (sulfide) groups is 1. The lowest BCUT2D eigenvalue weighted by molar-refractivity contribution is 0.440. The summed E-state index contributed by atoms with van der Waals surface area (Å²) >= 11 is 1.71. The Morgan fingerprint density at radius 1 is 1.47 bits per heavy atom. The topological polar surface area (TPSA) is 66.0 Å². The molecule has 96 valence electrons. The number of hydrogen-bond donors (Lipinski definition) is 2. The van der Waals surface area contributed by atoms with E-state index in [2.05, 4.69) is 23.8 Å². The molecule has 0 saturated heterocycles. The van der Waals surface area contributed by atoms with Gasteiger partial charge in [-0.15, -0.1) is 0 Å². The molecule has 5 heteroatoms. The van der Waals surface area contributed by atoms with Crippen molar-refractivity contribution >= 4 is 11.8 Å². The van der Waals surface area contributed by atoms with Gasteiger partial charge in [0.15, 0.2) is 0 Å². The molecule has 0 unspecified atom stereocenters. The van der Waals surface area contributed by atoms with E-state index in [4.69, 9.17) is 0 Å². The van der Waals surface area contributed by atoms with Gasteiger partial charge in [0.05, 0.1) is 11.3 Å². The molecule has 0 aliphatic rings. The first kappa shape index (κ1) is 14.1. The van der Waals surface area contributed by atoms with E-state index in [9.17, 15) is 9.90 Å². The SMILES string of the molecule is CCCc1c(O)nc(CSCC(C)C)[nH]c1=O. The highest BCUT2D eigenvalue weighted by atomic mass is 32.2. The summed E-state index contributed by atoms with van der Waals surface area (Å²) in [5.41, 5.74) is 0.185. The van der Waals surface area contributed by atoms with Crippen molar-refractivity contribution in [2.75, 3.05) is 5.75 Å². The van der Waals surface area contributed by atoms with Gasteiger partial charge in [0.2, 0.25) is 5.88 Å². The molecule has 0 atom stereocenters. The summed E-state index contributed by atoms with van der Waals surface area (Å²) in [5, 5.41) is 9.67. The molecule has 0 radical (unpaired) electrons. The Balaban J connectivity index is 2.73. The molecule has 0 aliphatic heterocycles. The van der Waals surface area contributed by atoms with Crippen LogP contribution in [0.15, 0.2) is 4.79 Å². The number of nitrogens with zero attached hydrogens (tertiary/aromatic N) is 1. The van der Waals surface area contributed by atoms with Crippen molar-refractivity contribution in [3.05, 3.63) is 21.7 Å². The highest BCUT2D eigenvalue weighted by Crippen LogP contribution is 2.15. The largest absolute Gasteiger partial charge is 0.493 e. The van der Waals surface area contributed by atoms with E-state index in [1.54, 1.807) is 11.8 Å². The first-order valence-corrected chi connectivity index (χ1v) is 7.08. The van der Waals surface area contributed by atoms with Crippen LogP contribution in [-0.2, 0) is 12.2 Å². The van der Waals surface area contributed by atoms with Crippen LogP contribution in [0.25, 0.3) is 0 Å². The molecule has 1 aromatic heterocycles. The Labute approximate surface area is 106 Å². The Morgan fingerprint density at radius 2 is 2.18 bits per heavy atom. The molecule has 1 heterocycles. The Hall–Kier alpha value is -0.970. The van der Waals surface area contributed by atoms with Gasteiger partial charge >= 0.3 is 0 Å². The quantitative estimate of drug-likeness (QED) is 0.819. The van der Waals surface area contributed by atoms with Gasteiger partial charge in [0.1, 0.15) is 5.82 Å². The van der Waals surface area contributed by atoms with Crippen molar-refractivity contribution in [3.8, 4) is 5.88 Å². The number of H-pyrrole nitrogens is 1. The van der Waals surface area contributed by atoms with E-state index in [1.807, 2.05) is 6.92 Å². The summed E-state index contributed by atoms with van der Waals surface area (Å²) in [6.07, 6.45) is 1.38. The maximum absolute atomic E-state index is 11.7. The third-order valence-electron chi connectivity index (χ3n) is 2.23. The lowest BCUT2D eigenvalue weighted by Gasteiger charge is -2.06. The van der Waals surface area contributed by atoms with Crippen LogP contribution in [0.4, 0.5) is 0 Å². The van der Waals surface area contributed by atoms with Crippen LogP contribution >= 0.6 is 11.8 Å². The van der Waals surface area contributed by atoms with Gasteiger partial charge in [-0.05, 0) is 18.1 Å². The third kappa shape index (κ3) is 4.42. The van der Waals surface area contributed by atoms with Crippen LogP contribution in [-0.4, -0.2) is 20.8 Å². The van der Waals surface area contributed by atoms with Crippen LogP contribution in [0, 0.1) is 5.92 Å². The number of hydrogen-bond acceptors (Lipinski definition) is 4. The van der Waals surface area contributed by atoms with E-state index in [-0.39, 0.29) is 11.4 Å². The molecular weight excluding hydrogens is 236 g/mol. The van der Waals surface area contributed by atoms with Crippen molar-refractivity contribution in [1.82, 2.24) is 9.97 Å². The molecular formula is C12H20N2O2S. The van der Waals surface area contributed by atoms with Crippen LogP contribution < -0.4 is 5.56 Å². The number of nitrogens with one attached hydrogen (secondary N) is 1. The van der Waals surface area contributed by atoms with Gasteiger partial charge in [-0.3, -0.25) is 4.79 Å². The average molecular weight is 256 g/mol. The predicted octanol–water partition coefficient (Wildman–Crippen LogP) is 2.32. The highest BCUT2D eigenvalue weighted by Gasteiger charge is 2.09. The van der Waals surface area contributed by atoms with Crippen molar-refractivity contribution < 1.29 is 5.11 Å². The number of aromatic nitrogens is 2. The zero-order valence-electron chi connectivity index (χ0n) is 10.6. The first-order chi connectivity index (χ1) is 8.04. The fraction of sp³-hybridized carbons (Fsp3) is 0.667. The fourth-order valence-electron chi connectivity index (χ4n) is 1.47. The van der Waals surface area contributed by atoms with E-state index in [0.29, 0.717) is 29.5 Å². The van der Waals surface area contributed by atoms with Crippen LogP contribution in [0.3, 0.4) is 0 Å². The molecule has 1 aromatic rings. The standard InChI is InChI=1S/C12H20N2O2S/c1-4-5-9-11(15)13-10(14-12(9)16)7-17-6-8(2)3/h8H,4-7H2,1-3H3,(H2,13,14,15,16). The van der Waals surface area contributed by atoms with Crippen LogP contribution in [0.1, 0.15) is 38.6 Å². The molecule has 0 amide bonds. The Kier molecular flexibility index (Phi) is 5.55. The Morgan fingerprint density at radius 3 is 2.71 bits per heavy atom. The maximum atomic E-state index is 11.7. The fourth-order valence-corrected chi connectivity index (χ4v) is 2.39. The number of aromatic hydroxyl groups is 1. The minimum atomic E-state index is -0.209. The second-order valence-corrected chi connectivity index (χ2v) is 5.50. The first-order valence-electron chi connectivity index (χ1n) is 5.93. The predicted molar refractivity (Wildman–Crippen MR) is 71.5 cm³/mol. The second-order valence-electron chi connectivity index (χ2n) is 4.47. The summed E-state index contributed by atoms with van der Waals surface area (Å²) < 4.78 is 0. The maximum Gasteiger partial charge on any atom is 0.257 e. The van der Waals surface area contributed by atoms with Gasteiger partial charge in [-0.1, -0.05) is 27.2 Å². The zero-order valence-corrected chi connectivity index (χ0v) is 11.4. The van der Waals surface area contributed by atoms with E-state index < -0.39 is 0 Å². The highest BCUT2D eigenvalue weighted by molar-refractivity contribution is 7.98. The molecule has 1 rings (SSSR count). The molecule has 0 aliphatic carbocycles. The lowest BCUT2D eigenvalue weighted by atomic mass is 10.2. The summed E-state index contributed by atoms with van der Waals surface area (Å²) in [6.45, 7) is 6.25. The monoisotopic (exact) mass is 256 g/mol. The van der Waals surface area contributed by atoms with E-state index in [0.717, 1.165) is 12.2 Å². The second kappa shape index (κ2) is 6.69. The van der Waals surface area contributed by atoms with Crippen LogP contribution in [0.2, 0.25) is 0 Å². The summed E-state index contributed by atoms with van der Waals surface area (Å²) in [6, 6.07) is 0. The molecule has 0 spiro atoms. The molecule has 2 N–H and O–H groups in total. The van der Waals surface area contributed by atoms with Crippen molar-refractivity contribution in [2.45, 2.75) is 39.4 Å². The summed E-state index contributed by atoms with van der Waals surface area (Å²) in [7, 11) is 0. The van der Waals surface area contributed by atoms with Gasteiger partial charge in [-0.2, -0.15) is 16.7 Å². The zero-order chi connectivity index (χ0) is 12.8. The summed E-state index contributed by atoms with van der Waals surface area (Å²) in [4.78, 5) is 18.4. The van der Waals surface area contributed by atoms with Gasteiger partial charge < -0.3 is 10.1 Å². The average Bonchev–Trinajstić information content (AvgIpc) is 2.23.